The lowest BCUT2D eigenvalue weighted by molar-refractivity contribution is -0.0268. The molecule has 2 nitrogen and oxygen atoms in total. The standard InChI is InChI=1S/C7H5ClF2N2/c8-6-4-2-1-3(2)7(9,10)5(4)11-12-6/h2-3H,1H2,(H,11,12). The van der Waals surface area contributed by atoms with E-state index in [4.69, 9.17) is 11.6 Å². The number of hydrogen-bond donors (Lipinski definition) is 1. The first-order chi connectivity index (χ1) is 5.62. The molecular weight excluding hydrogens is 186 g/mol. The van der Waals surface area contributed by atoms with Crippen molar-refractivity contribution in [2.45, 2.75) is 18.3 Å². The van der Waals surface area contributed by atoms with Crippen molar-refractivity contribution in [3.05, 3.63) is 16.4 Å². The fourth-order valence-electron chi connectivity index (χ4n) is 2.02. The van der Waals surface area contributed by atoms with Crippen LogP contribution in [0.5, 0.6) is 0 Å². The fourth-order valence-corrected chi connectivity index (χ4v) is 2.30. The second-order valence-corrected chi connectivity index (χ2v) is 3.73. The van der Waals surface area contributed by atoms with E-state index in [1.165, 1.54) is 0 Å². The molecule has 1 N–H and O–H groups in total. The van der Waals surface area contributed by atoms with E-state index in [-0.39, 0.29) is 16.8 Å². The van der Waals surface area contributed by atoms with Crippen molar-refractivity contribution in [1.29, 1.82) is 0 Å². The third kappa shape index (κ3) is 0.554. The van der Waals surface area contributed by atoms with E-state index in [9.17, 15) is 8.78 Å². The number of halogens is 3. The third-order valence-electron chi connectivity index (χ3n) is 2.72. The van der Waals surface area contributed by atoms with Crippen molar-refractivity contribution < 1.29 is 8.78 Å². The summed E-state index contributed by atoms with van der Waals surface area (Å²) in [6.07, 6.45) is 0.555. The van der Waals surface area contributed by atoms with E-state index in [1.807, 2.05) is 0 Å². The highest BCUT2D eigenvalue weighted by molar-refractivity contribution is 6.30. The number of aromatic nitrogens is 2. The van der Waals surface area contributed by atoms with E-state index in [2.05, 4.69) is 10.2 Å². The van der Waals surface area contributed by atoms with Crippen LogP contribution in [-0.4, -0.2) is 10.2 Å². The predicted octanol–water partition coefficient (Wildman–Crippen LogP) is 2.27. The molecule has 2 aliphatic rings. The molecule has 2 atom stereocenters. The summed E-state index contributed by atoms with van der Waals surface area (Å²) in [6.45, 7) is 0. The Balaban J connectivity index is 2.27. The molecule has 0 spiro atoms. The van der Waals surface area contributed by atoms with E-state index in [1.54, 1.807) is 0 Å². The first-order valence-electron chi connectivity index (χ1n) is 3.74. The van der Waals surface area contributed by atoms with Crippen LogP contribution in [0, 0.1) is 5.92 Å². The molecular formula is C7H5ClF2N2. The second-order valence-electron chi connectivity index (χ2n) is 3.37. The number of aromatic amines is 1. The molecule has 0 aromatic carbocycles. The zero-order valence-electron chi connectivity index (χ0n) is 5.94. The topological polar surface area (TPSA) is 28.7 Å². The Kier molecular flexibility index (Phi) is 0.947. The van der Waals surface area contributed by atoms with E-state index < -0.39 is 11.8 Å². The van der Waals surface area contributed by atoms with Gasteiger partial charge in [-0.2, -0.15) is 13.9 Å². The van der Waals surface area contributed by atoms with Gasteiger partial charge in [-0.15, -0.1) is 0 Å². The smallest absolute Gasteiger partial charge is 0.275 e. The van der Waals surface area contributed by atoms with Gasteiger partial charge in [-0.25, -0.2) is 0 Å². The Morgan fingerprint density at radius 1 is 1.58 bits per heavy atom. The summed E-state index contributed by atoms with van der Waals surface area (Å²) >= 11 is 5.66. The molecule has 0 amide bonds. The maximum Gasteiger partial charge on any atom is 0.292 e. The van der Waals surface area contributed by atoms with Gasteiger partial charge in [-0.05, 0) is 12.3 Å². The maximum atomic E-state index is 13.3. The van der Waals surface area contributed by atoms with Crippen LogP contribution in [-0.2, 0) is 5.92 Å². The fraction of sp³-hybridized carbons (Fsp3) is 0.571. The Bertz CT molecular complexity index is 360. The van der Waals surface area contributed by atoms with Crippen LogP contribution < -0.4 is 0 Å². The summed E-state index contributed by atoms with van der Waals surface area (Å²) < 4.78 is 26.5. The Morgan fingerprint density at radius 3 is 3.00 bits per heavy atom. The number of alkyl halides is 2. The minimum Gasteiger partial charge on any atom is -0.275 e. The maximum absolute atomic E-state index is 13.3. The highest BCUT2D eigenvalue weighted by Gasteiger charge is 2.65. The molecule has 0 aliphatic heterocycles. The second kappa shape index (κ2) is 1.66. The number of H-pyrrole nitrogens is 1. The number of fused-ring (bicyclic) bond motifs is 3. The number of nitrogens with one attached hydrogen (secondary N) is 1. The van der Waals surface area contributed by atoms with Crippen LogP contribution in [0.15, 0.2) is 0 Å². The van der Waals surface area contributed by atoms with Gasteiger partial charge in [0.15, 0.2) is 5.15 Å². The average molecular weight is 191 g/mol. The molecule has 1 saturated carbocycles. The SMILES string of the molecule is FC1(F)c2[nH]nc(Cl)c2C2CC21. The molecule has 1 fully saturated rings. The summed E-state index contributed by atoms with van der Waals surface area (Å²) in [4.78, 5) is 0. The minimum absolute atomic E-state index is 0.0405. The van der Waals surface area contributed by atoms with E-state index >= 15 is 0 Å². The molecule has 1 aromatic rings. The predicted molar refractivity (Wildman–Crippen MR) is 38.3 cm³/mol. The van der Waals surface area contributed by atoms with Gasteiger partial charge in [-0.1, -0.05) is 11.6 Å². The van der Waals surface area contributed by atoms with Gasteiger partial charge < -0.3 is 0 Å². The van der Waals surface area contributed by atoms with Crippen molar-refractivity contribution >= 4 is 11.6 Å². The molecule has 12 heavy (non-hydrogen) atoms. The van der Waals surface area contributed by atoms with Gasteiger partial charge in [-0.3, -0.25) is 5.10 Å². The molecule has 64 valence electrons. The van der Waals surface area contributed by atoms with Gasteiger partial charge in [0, 0.05) is 11.5 Å². The lowest BCUT2D eigenvalue weighted by Gasteiger charge is -2.09. The zero-order valence-corrected chi connectivity index (χ0v) is 6.70. The lowest BCUT2D eigenvalue weighted by atomic mass is 10.2. The van der Waals surface area contributed by atoms with Crippen molar-refractivity contribution in [3.8, 4) is 0 Å². The highest BCUT2D eigenvalue weighted by atomic mass is 35.5. The minimum atomic E-state index is -2.72. The first kappa shape index (κ1) is 6.83. The summed E-state index contributed by atoms with van der Waals surface area (Å²) in [6, 6.07) is 0. The monoisotopic (exact) mass is 190 g/mol. The quantitative estimate of drug-likeness (QED) is 0.668. The molecule has 0 radical (unpaired) electrons. The Hall–Kier alpha value is -0.640. The molecule has 2 aliphatic carbocycles. The van der Waals surface area contributed by atoms with Crippen LogP contribution in [0.1, 0.15) is 23.6 Å². The average Bonchev–Trinajstić information content (AvgIpc) is 2.64. The van der Waals surface area contributed by atoms with Crippen LogP contribution in [0.4, 0.5) is 8.78 Å². The van der Waals surface area contributed by atoms with Crippen molar-refractivity contribution in [1.82, 2.24) is 10.2 Å². The Labute approximate surface area is 71.9 Å². The van der Waals surface area contributed by atoms with Crippen molar-refractivity contribution in [3.63, 3.8) is 0 Å². The largest absolute Gasteiger partial charge is 0.292 e. The molecule has 1 aromatic heterocycles. The molecule has 0 saturated heterocycles. The number of rotatable bonds is 0. The first-order valence-corrected chi connectivity index (χ1v) is 4.12. The molecule has 2 unspecified atom stereocenters. The normalized spacial score (nSPS) is 34.6. The van der Waals surface area contributed by atoms with Gasteiger partial charge >= 0.3 is 0 Å². The summed E-state index contributed by atoms with van der Waals surface area (Å²) in [5.41, 5.74) is 0.486. The third-order valence-corrected chi connectivity index (χ3v) is 3.01. The van der Waals surface area contributed by atoms with Crippen molar-refractivity contribution in [2.75, 3.05) is 0 Å². The highest BCUT2D eigenvalue weighted by Crippen LogP contribution is 2.67. The number of hydrogen-bond acceptors (Lipinski definition) is 1. The van der Waals surface area contributed by atoms with Crippen LogP contribution in [0.25, 0.3) is 0 Å². The molecule has 1 heterocycles. The number of nitrogens with zero attached hydrogens (tertiary/aromatic N) is 1. The van der Waals surface area contributed by atoms with Crippen LogP contribution in [0.3, 0.4) is 0 Å². The molecule has 5 heteroatoms. The van der Waals surface area contributed by atoms with Crippen LogP contribution >= 0.6 is 11.6 Å². The summed E-state index contributed by atoms with van der Waals surface area (Å²) in [7, 11) is 0. The van der Waals surface area contributed by atoms with Gasteiger partial charge in [0.05, 0.1) is 0 Å². The molecule has 0 bridgehead atoms. The van der Waals surface area contributed by atoms with Crippen LogP contribution in [0.2, 0.25) is 5.15 Å². The van der Waals surface area contributed by atoms with Crippen molar-refractivity contribution in [2.24, 2.45) is 5.92 Å². The zero-order chi connectivity index (χ0) is 8.51. The van der Waals surface area contributed by atoms with Gasteiger partial charge in [0.25, 0.3) is 5.92 Å². The van der Waals surface area contributed by atoms with E-state index in [0.29, 0.717) is 12.0 Å². The van der Waals surface area contributed by atoms with Gasteiger partial charge in [0.2, 0.25) is 0 Å². The summed E-state index contributed by atoms with van der Waals surface area (Å²) in [5, 5.41) is 6.09. The molecule has 3 rings (SSSR count). The van der Waals surface area contributed by atoms with Gasteiger partial charge in [0.1, 0.15) is 5.69 Å². The lowest BCUT2D eigenvalue weighted by Crippen LogP contribution is -2.13. The Morgan fingerprint density at radius 2 is 2.33 bits per heavy atom. The summed E-state index contributed by atoms with van der Waals surface area (Å²) in [5.74, 6) is -3.28. The van der Waals surface area contributed by atoms with E-state index in [0.717, 1.165) is 0 Å².